The van der Waals surface area contributed by atoms with Gasteiger partial charge in [-0.15, -0.1) is 22.7 Å². The molecule has 6 aromatic rings. The molecule has 4 aromatic heterocycles. The molecule has 0 aliphatic carbocycles. The molecule has 4 N–H and O–H groups in total. The second-order valence-electron chi connectivity index (χ2n) is 10.1. The lowest BCUT2D eigenvalue weighted by atomic mass is 10.1. The van der Waals surface area contributed by atoms with Crippen LogP contribution < -0.4 is 25.8 Å². The van der Waals surface area contributed by atoms with E-state index in [0.717, 1.165) is 48.8 Å². The van der Waals surface area contributed by atoms with E-state index in [-0.39, 0.29) is 0 Å². The molecular formula is C32H30Cl3N8O4PS2. The van der Waals surface area contributed by atoms with Crippen molar-refractivity contribution in [1.29, 1.82) is 5.26 Å². The summed E-state index contributed by atoms with van der Waals surface area (Å²) in [6.07, 6.45) is 3.07. The average molecular weight is 792 g/mol. The lowest BCUT2D eigenvalue weighted by Gasteiger charge is -2.13. The van der Waals surface area contributed by atoms with Crippen molar-refractivity contribution in [3.05, 3.63) is 82.1 Å². The second-order valence-corrected chi connectivity index (χ2v) is 18.4. The first-order valence-electron chi connectivity index (χ1n) is 14.7. The van der Waals surface area contributed by atoms with Crippen molar-refractivity contribution in [2.45, 2.75) is 27.7 Å². The predicted octanol–water partition coefficient (Wildman–Crippen LogP) is 10.1. The van der Waals surface area contributed by atoms with E-state index in [2.05, 4.69) is 75.7 Å². The summed E-state index contributed by atoms with van der Waals surface area (Å²) in [5.41, 5.74) is 10.0. The number of aromatic nitrogens is 4. The van der Waals surface area contributed by atoms with E-state index >= 15 is 0 Å². The average Bonchev–Trinajstić information content (AvgIpc) is 3.65. The summed E-state index contributed by atoms with van der Waals surface area (Å²) in [5, 5.41) is 18.5. The van der Waals surface area contributed by atoms with Gasteiger partial charge in [-0.3, -0.25) is 9.36 Å². The van der Waals surface area contributed by atoms with Gasteiger partial charge in [-0.05, 0) is 114 Å². The van der Waals surface area contributed by atoms with E-state index in [0.29, 0.717) is 41.7 Å². The molecule has 0 saturated carbocycles. The van der Waals surface area contributed by atoms with Crippen molar-refractivity contribution in [1.82, 2.24) is 19.9 Å². The van der Waals surface area contributed by atoms with E-state index in [4.69, 9.17) is 20.5 Å². The van der Waals surface area contributed by atoms with Crippen LogP contribution >= 0.6 is 61.6 Å². The molecule has 0 aliphatic heterocycles. The maximum absolute atomic E-state index is 11.3. The van der Waals surface area contributed by atoms with Gasteiger partial charge in [-0.2, -0.15) is 5.26 Å². The molecule has 2 aromatic carbocycles. The largest absolute Gasteiger partial charge is 0.492 e. The third kappa shape index (κ3) is 10.4. The van der Waals surface area contributed by atoms with Crippen LogP contribution in [0.1, 0.15) is 40.9 Å². The lowest BCUT2D eigenvalue weighted by molar-refractivity contribution is 0.1000. The normalized spacial score (nSPS) is 10.7. The van der Waals surface area contributed by atoms with Crippen molar-refractivity contribution in [3.8, 4) is 17.6 Å². The quantitative estimate of drug-likeness (QED) is 0.119. The molecule has 0 spiro atoms. The number of carbonyl (C=O) groups is 1. The number of fused-ring (bicyclic) bond motifs is 2. The van der Waals surface area contributed by atoms with Crippen molar-refractivity contribution >= 4 is 111 Å². The van der Waals surface area contributed by atoms with Gasteiger partial charge in [-0.25, -0.2) is 19.9 Å². The summed E-state index contributed by atoms with van der Waals surface area (Å²) < 4.78 is 20.7. The Bertz CT molecular complexity index is 2210. The standard InChI is InChI=1S/C16H16N4O2S.C16H14N4OS.Cl3OP/c1-3-22-12-6-10(14(17)21)4-5-11(12)20-15-13-9(2)7-23-16(13)19-8-18-15;1-3-21-13-6-11(7-17)4-5-12(13)20-15-14-10(2)8-22-16(14)19-9-18-15;1-5(2,3)4/h4-8H,3H2,1-2H3,(H2,17,21)(H,18,19,20);4-6,8-9H,3H2,1-2H3,(H,18,19,20);. The van der Waals surface area contributed by atoms with Crippen LogP contribution in [-0.4, -0.2) is 39.1 Å². The molecule has 0 saturated heterocycles. The fraction of sp³-hybridized carbons (Fsp3) is 0.188. The molecule has 0 radical (unpaired) electrons. The number of hydrogen-bond donors (Lipinski definition) is 3. The number of hydrogen-bond acceptors (Lipinski definition) is 13. The van der Waals surface area contributed by atoms with Gasteiger partial charge in [0.15, 0.2) is 0 Å². The van der Waals surface area contributed by atoms with Gasteiger partial charge in [-0.1, -0.05) is 0 Å². The number of carbonyl (C=O) groups excluding carboxylic acids is 1. The molecule has 0 unspecified atom stereocenters. The van der Waals surface area contributed by atoms with Crippen LogP contribution in [-0.2, 0) is 4.57 Å². The first-order valence-corrected chi connectivity index (χ1v) is 20.8. The number of rotatable bonds is 9. The van der Waals surface area contributed by atoms with Crippen LogP contribution in [0.15, 0.2) is 59.8 Å². The molecule has 6 rings (SSSR count). The zero-order chi connectivity index (χ0) is 36.4. The summed E-state index contributed by atoms with van der Waals surface area (Å²) in [6.45, 7) is 8.86. The molecule has 0 fully saturated rings. The number of primary amides is 1. The summed E-state index contributed by atoms with van der Waals surface area (Å²) >= 11 is 17.0. The number of aryl methyl sites for hydroxylation is 2. The second kappa shape index (κ2) is 17.6. The smallest absolute Gasteiger partial charge is 0.339 e. The molecule has 260 valence electrons. The lowest BCUT2D eigenvalue weighted by Crippen LogP contribution is -2.11. The zero-order valence-electron chi connectivity index (χ0n) is 27.0. The number of halogens is 3. The molecule has 50 heavy (non-hydrogen) atoms. The SMILES string of the molecule is CCOc1cc(C#N)ccc1Nc1ncnc2scc(C)c12.CCOc1cc(C(N)=O)ccc1Nc1ncnc2scc(C)c12.O=P(Cl)(Cl)Cl. The predicted molar refractivity (Wildman–Crippen MR) is 204 cm³/mol. The van der Waals surface area contributed by atoms with Crippen LogP contribution in [0.4, 0.5) is 23.0 Å². The van der Waals surface area contributed by atoms with E-state index in [1.807, 2.05) is 39.1 Å². The van der Waals surface area contributed by atoms with Crippen LogP contribution in [0, 0.1) is 25.2 Å². The number of nitrogens with two attached hydrogens (primary N) is 1. The van der Waals surface area contributed by atoms with Crippen LogP contribution in [0.25, 0.3) is 20.4 Å². The first kappa shape index (κ1) is 38.6. The summed E-state index contributed by atoms with van der Waals surface area (Å²) in [6, 6.07) is 12.5. The fourth-order valence-electron chi connectivity index (χ4n) is 4.50. The number of thiophene rings is 2. The topological polar surface area (TPSA) is 178 Å². The fourth-order valence-corrected chi connectivity index (χ4v) is 6.28. The van der Waals surface area contributed by atoms with Gasteiger partial charge < -0.3 is 25.8 Å². The van der Waals surface area contributed by atoms with Gasteiger partial charge in [0.25, 0.3) is 0 Å². The zero-order valence-corrected chi connectivity index (χ0v) is 31.8. The number of amides is 1. The molecule has 1 amide bonds. The Labute approximate surface area is 310 Å². The Morgan fingerprint density at radius 3 is 1.74 bits per heavy atom. The van der Waals surface area contributed by atoms with E-state index in [1.54, 1.807) is 59.3 Å². The van der Waals surface area contributed by atoms with Crippen molar-refractivity contribution in [3.63, 3.8) is 0 Å². The Kier molecular flexibility index (Phi) is 13.6. The Balaban J connectivity index is 0.000000198. The van der Waals surface area contributed by atoms with E-state index in [1.165, 1.54) is 6.33 Å². The van der Waals surface area contributed by atoms with E-state index in [9.17, 15) is 9.36 Å². The monoisotopic (exact) mass is 790 g/mol. The Morgan fingerprint density at radius 2 is 1.30 bits per heavy atom. The highest BCUT2D eigenvalue weighted by Gasteiger charge is 2.14. The maximum atomic E-state index is 11.3. The van der Waals surface area contributed by atoms with Crippen molar-refractivity contribution in [2.24, 2.45) is 5.73 Å². The van der Waals surface area contributed by atoms with Crippen molar-refractivity contribution in [2.75, 3.05) is 23.8 Å². The van der Waals surface area contributed by atoms with Gasteiger partial charge in [0.05, 0.1) is 47.0 Å². The Morgan fingerprint density at radius 1 is 0.840 bits per heavy atom. The minimum absolute atomic E-state index is 0.401. The third-order valence-electron chi connectivity index (χ3n) is 6.59. The maximum Gasteiger partial charge on any atom is 0.339 e. The molecule has 0 aliphatic rings. The van der Waals surface area contributed by atoms with Crippen LogP contribution in [0.5, 0.6) is 11.5 Å². The highest BCUT2D eigenvalue weighted by atomic mass is 36.0. The number of nitrogens with zero attached hydrogens (tertiary/aromatic N) is 5. The van der Waals surface area contributed by atoms with Crippen LogP contribution in [0.2, 0.25) is 0 Å². The molecule has 12 nitrogen and oxygen atoms in total. The highest BCUT2D eigenvalue weighted by molar-refractivity contribution is 8.24. The van der Waals surface area contributed by atoms with E-state index < -0.39 is 11.1 Å². The third-order valence-corrected chi connectivity index (χ3v) is 8.60. The van der Waals surface area contributed by atoms with Gasteiger partial charge in [0, 0.05) is 11.6 Å². The number of nitrogens with one attached hydrogen (secondary N) is 2. The summed E-state index contributed by atoms with van der Waals surface area (Å²) in [4.78, 5) is 30.4. The number of ether oxygens (including phenoxy) is 2. The number of nitriles is 1. The highest BCUT2D eigenvalue weighted by Crippen LogP contribution is 2.61. The molecule has 0 bridgehead atoms. The minimum Gasteiger partial charge on any atom is -0.492 e. The molecular weight excluding hydrogens is 762 g/mol. The summed E-state index contributed by atoms with van der Waals surface area (Å²) in [7, 11) is 0. The molecule has 4 heterocycles. The minimum atomic E-state index is -3.22. The van der Waals surface area contributed by atoms with Crippen LogP contribution in [0.3, 0.4) is 0 Å². The van der Waals surface area contributed by atoms with Crippen molar-refractivity contribution < 1.29 is 18.8 Å². The number of benzene rings is 2. The first-order chi connectivity index (χ1) is 23.8. The number of anilines is 4. The molecule has 0 atom stereocenters. The van der Waals surface area contributed by atoms with Gasteiger partial charge >= 0.3 is 5.20 Å². The van der Waals surface area contributed by atoms with Gasteiger partial charge in [0.1, 0.15) is 45.5 Å². The molecule has 18 heteroatoms. The summed E-state index contributed by atoms with van der Waals surface area (Å²) in [5.74, 6) is 2.16. The Hall–Kier alpha value is -4.22. The van der Waals surface area contributed by atoms with Gasteiger partial charge in [0.2, 0.25) is 5.91 Å².